The topological polar surface area (TPSA) is 24.4 Å². The van der Waals surface area contributed by atoms with E-state index >= 15 is 0 Å². The van der Waals surface area contributed by atoms with Crippen LogP contribution in [0.25, 0.3) is 5.70 Å². The molecule has 0 aliphatic carbocycles. The summed E-state index contributed by atoms with van der Waals surface area (Å²) in [6.45, 7) is 5.58. The Hall–Kier alpha value is -1.57. The number of nitrogens with zero attached hydrogens (tertiary/aromatic N) is 1. The molecule has 1 aromatic carbocycles. The molecule has 2 heteroatoms. The summed E-state index contributed by atoms with van der Waals surface area (Å²) in [6, 6.07) is 8.19. The van der Waals surface area contributed by atoms with E-state index in [9.17, 15) is 0 Å². The Morgan fingerprint density at radius 3 is 2.46 bits per heavy atom. The lowest BCUT2D eigenvalue weighted by Crippen LogP contribution is -1.94. The molecule has 0 unspecified atom stereocenters. The molecule has 0 saturated heterocycles. The Balaban J connectivity index is 2.99. The highest BCUT2D eigenvalue weighted by Gasteiger charge is 1.96. The van der Waals surface area contributed by atoms with Crippen molar-refractivity contribution >= 4 is 12.4 Å². The van der Waals surface area contributed by atoms with Crippen molar-refractivity contribution in [1.29, 1.82) is 0 Å². The minimum absolute atomic E-state index is 0.863. The molecule has 0 aliphatic rings. The first-order valence-corrected chi connectivity index (χ1v) is 4.19. The minimum atomic E-state index is 0.863. The van der Waals surface area contributed by atoms with Crippen LogP contribution in [0.3, 0.4) is 0 Å². The van der Waals surface area contributed by atoms with Crippen LogP contribution in [0.2, 0.25) is 0 Å². The lowest BCUT2D eigenvalue weighted by Gasteiger charge is -2.01. The van der Waals surface area contributed by atoms with Crippen LogP contribution in [0, 0.1) is 6.92 Å². The Morgan fingerprint density at radius 1 is 1.38 bits per heavy atom. The lowest BCUT2D eigenvalue weighted by molar-refractivity contribution is 1.10. The average Bonchev–Trinajstić information content (AvgIpc) is 2.16. The molecule has 1 rings (SSSR count). The van der Waals surface area contributed by atoms with Crippen molar-refractivity contribution in [3.63, 3.8) is 0 Å². The molecule has 1 N–H and O–H groups in total. The van der Waals surface area contributed by atoms with Gasteiger partial charge in [-0.25, -0.2) is 0 Å². The van der Waals surface area contributed by atoms with Crippen molar-refractivity contribution in [1.82, 2.24) is 5.32 Å². The quantitative estimate of drug-likeness (QED) is 0.698. The van der Waals surface area contributed by atoms with Gasteiger partial charge in [0.05, 0.1) is 5.70 Å². The van der Waals surface area contributed by atoms with Crippen LogP contribution < -0.4 is 5.32 Å². The van der Waals surface area contributed by atoms with Gasteiger partial charge in [0.2, 0.25) is 0 Å². The van der Waals surface area contributed by atoms with Crippen LogP contribution in [0.15, 0.2) is 35.5 Å². The third-order valence-corrected chi connectivity index (χ3v) is 1.80. The van der Waals surface area contributed by atoms with Gasteiger partial charge in [0.25, 0.3) is 0 Å². The molecule has 2 nitrogen and oxygen atoms in total. The van der Waals surface area contributed by atoms with Crippen LogP contribution in [0.1, 0.15) is 11.1 Å². The van der Waals surface area contributed by atoms with Crippen LogP contribution in [0.5, 0.6) is 0 Å². The normalized spacial score (nSPS) is 11.1. The smallest absolute Gasteiger partial charge is 0.0851 e. The number of hydrogen-bond acceptors (Lipinski definition) is 2. The molecule has 13 heavy (non-hydrogen) atoms. The van der Waals surface area contributed by atoms with E-state index in [1.54, 1.807) is 0 Å². The van der Waals surface area contributed by atoms with Gasteiger partial charge in [-0.15, -0.1) is 0 Å². The second-order valence-electron chi connectivity index (χ2n) is 2.84. The van der Waals surface area contributed by atoms with Gasteiger partial charge in [-0.05, 0) is 13.6 Å². The first-order valence-electron chi connectivity index (χ1n) is 4.19. The third-order valence-electron chi connectivity index (χ3n) is 1.80. The van der Waals surface area contributed by atoms with E-state index in [4.69, 9.17) is 0 Å². The Morgan fingerprint density at radius 2 is 2.00 bits per heavy atom. The maximum Gasteiger partial charge on any atom is 0.0851 e. The minimum Gasteiger partial charge on any atom is -0.392 e. The van der Waals surface area contributed by atoms with E-state index in [2.05, 4.69) is 36.1 Å². The highest BCUT2D eigenvalue weighted by Crippen LogP contribution is 2.14. The number of benzene rings is 1. The van der Waals surface area contributed by atoms with E-state index in [0.717, 1.165) is 11.3 Å². The van der Waals surface area contributed by atoms with Crippen LogP contribution in [0.4, 0.5) is 0 Å². The molecule has 0 aliphatic heterocycles. The zero-order valence-corrected chi connectivity index (χ0v) is 8.04. The lowest BCUT2D eigenvalue weighted by atomic mass is 10.1. The Kier molecular flexibility index (Phi) is 3.26. The van der Waals surface area contributed by atoms with Gasteiger partial charge >= 0.3 is 0 Å². The fourth-order valence-electron chi connectivity index (χ4n) is 1.08. The molecule has 0 radical (unpaired) electrons. The van der Waals surface area contributed by atoms with Crippen LogP contribution in [-0.2, 0) is 0 Å². The Bertz CT molecular complexity index is 309. The van der Waals surface area contributed by atoms with Crippen molar-refractivity contribution < 1.29 is 0 Å². The highest BCUT2D eigenvalue weighted by atomic mass is 14.8. The summed E-state index contributed by atoms with van der Waals surface area (Å²) >= 11 is 0. The standard InChI is InChI=1S/C11H14N2/c1-9-4-6-10(7-5-9)11(13-3)8-12-2/h4-8,12H,3H2,1-2H3/b11-8-. The van der Waals surface area contributed by atoms with Gasteiger partial charge in [0.1, 0.15) is 0 Å². The van der Waals surface area contributed by atoms with E-state index in [1.807, 2.05) is 25.4 Å². The zero-order chi connectivity index (χ0) is 9.68. The molecule has 0 heterocycles. The van der Waals surface area contributed by atoms with Gasteiger partial charge in [-0.1, -0.05) is 29.8 Å². The summed E-state index contributed by atoms with van der Waals surface area (Å²) in [6.07, 6.45) is 1.83. The number of hydrogen-bond donors (Lipinski definition) is 1. The van der Waals surface area contributed by atoms with Crippen LogP contribution >= 0.6 is 0 Å². The fourth-order valence-corrected chi connectivity index (χ4v) is 1.08. The molecule has 0 bridgehead atoms. The number of aryl methyl sites for hydroxylation is 1. The van der Waals surface area contributed by atoms with Gasteiger partial charge < -0.3 is 5.32 Å². The van der Waals surface area contributed by atoms with Crippen LogP contribution in [-0.4, -0.2) is 13.8 Å². The predicted octanol–water partition coefficient (Wildman–Crippen LogP) is 2.21. The molecular formula is C11H14N2. The average molecular weight is 174 g/mol. The maximum atomic E-state index is 3.93. The number of aliphatic imine (C=N–C) groups is 1. The van der Waals surface area contributed by atoms with Crippen molar-refractivity contribution in [2.24, 2.45) is 4.99 Å². The Labute approximate surface area is 79.0 Å². The molecule has 1 aromatic rings. The SMILES string of the molecule is C=N/C(=C\NC)c1ccc(C)cc1. The molecule has 0 aromatic heterocycles. The monoisotopic (exact) mass is 174 g/mol. The van der Waals surface area contributed by atoms with E-state index in [1.165, 1.54) is 5.56 Å². The maximum absolute atomic E-state index is 3.93. The summed E-state index contributed by atoms with van der Waals surface area (Å²) in [7, 11) is 1.85. The highest BCUT2D eigenvalue weighted by molar-refractivity contribution is 5.67. The molecule has 0 amide bonds. The van der Waals surface area contributed by atoms with Gasteiger partial charge in [0, 0.05) is 18.8 Å². The molecule has 0 spiro atoms. The molecule has 0 atom stereocenters. The first kappa shape index (κ1) is 9.52. The number of rotatable bonds is 3. The van der Waals surface area contributed by atoms with Gasteiger partial charge in [-0.3, -0.25) is 4.99 Å². The summed E-state index contributed by atoms with van der Waals surface area (Å²) in [5.41, 5.74) is 3.19. The van der Waals surface area contributed by atoms with Crippen molar-refractivity contribution in [2.75, 3.05) is 7.05 Å². The van der Waals surface area contributed by atoms with Crippen molar-refractivity contribution in [2.45, 2.75) is 6.92 Å². The van der Waals surface area contributed by atoms with E-state index in [0.29, 0.717) is 0 Å². The summed E-state index contributed by atoms with van der Waals surface area (Å²) in [5, 5.41) is 2.94. The van der Waals surface area contributed by atoms with Gasteiger partial charge in [0.15, 0.2) is 0 Å². The van der Waals surface area contributed by atoms with Crippen molar-refractivity contribution in [3.05, 3.63) is 41.6 Å². The molecule has 68 valence electrons. The number of nitrogens with one attached hydrogen (secondary N) is 1. The second-order valence-corrected chi connectivity index (χ2v) is 2.84. The summed E-state index contributed by atoms with van der Waals surface area (Å²) in [4.78, 5) is 3.93. The third kappa shape index (κ3) is 2.44. The summed E-state index contributed by atoms with van der Waals surface area (Å²) < 4.78 is 0. The second kappa shape index (κ2) is 4.45. The van der Waals surface area contributed by atoms with E-state index < -0.39 is 0 Å². The predicted molar refractivity (Wildman–Crippen MR) is 57.8 cm³/mol. The molecular weight excluding hydrogens is 160 g/mol. The first-order chi connectivity index (χ1) is 6.27. The molecule has 0 saturated carbocycles. The zero-order valence-electron chi connectivity index (χ0n) is 8.04. The molecule has 0 fully saturated rings. The van der Waals surface area contributed by atoms with E-state index in [-0.39, 0.29) is 0 Å². The fraction of sp³-hybridized carbons (Fsp3) is 0.182. The van der Waals surface area contributed by atoms with Crippen molar-refractivity contribution in [3.8, 4) is 0 Å². The van der Waals surface area contributed by atoms with Gasteiger partial charge in [-0.2, -0.15) is 0 Å². The largest absolute Gasteiger partial charge is 0.392 e. The summed E-state index contributed by atoms with van der Waals surface area (Å²) in [5.74, 6) is 0.